The lowest BCUT2D eigenvalue weighted by Gasteiger charge is -2.32. The van der Waals surface area contributed by atoms with Crippen LogP contribution in [0.15, 0.2) is 59.1 Å². The normalized spacial score (nSPS) is 14.5. The number of para-hydroxylation sites is 1. The van der Waals surface area contributed by atoms with E-state index in [1.165, 1.54) is 9.80 Å². The fourth-order valence-electron chi connectivity index (χ4n) is 3.02. The Bertz CT molecular complexity index is 985. The van der Waals surface area contributed by atoms with Gasteiger partial charge < -0.3 is 19.1 Å². The third-order valence-corrected chi connectivity index (χ3v) is 4.52. The molecular weight excluding hydrogens is 360 g/mol. The minimum atomic E-state index is -0.584. The smallest absolute Gasteiger partial charge is 0.316 e. The van der Waals surface area contributed by atoms with Crippen LogP contribution in [0.3, 0.4) is 0 Å². The molecule has 2 aromatic carbocycles. The summed E-state index contributed by atoms with van der Waals surface area (Å²) in [6, 6.07) is 16.4. The van der Waals surface area contributed by atoms with Gasteiger partial charge in [-0.25, -0.2) is 0 Å². The number of rotatable bonds is 5. The predicted molar refractivity (Wildman–Crippen MR) is 100 cm³/mol. The number of ether oxygens (including phenoxy) is 1. The van der Waals surface area contributed by atoms with Crippen LogP contribution < -0.4 is 9.64 Å². The SMILES string of the molecule is COc1ccc(-c2noc(CN3CCN(c4ccccc4)C(=O)C3=O)n2)cc1. The van der Waals surface area contributed by atoms with Crippen molar-refractivity contribution in [2.24, 2.45) is 0 Å². The summed E-state index contributed by atoms with van der Waals surface area (Å²) in [4.78, 5) is 32.2. The molecule has 142 valence electrons. The zero-order chi connectivity index (χ0) is 19.5. The Morgan fingerprint density at radius 3 is 2.46 bits per heavy atom. The molecule has 1 aliphatic rings. The molecule has 0 unspecified atom stereocenters. The van der Waals surface area contributed by atoms with E-state index in [1.807, 2.05) is 30.3 Å². The van der Waals surface area contributed by atoms with Crippen molar-refractivity contribution < 1.29 is 18.8 Å². The highest BCUT2D eigenvalue weighted by Gasteiger charge is 2.34. The number of hydrogen-bond acceptors (Lipinski definition) is 6. The van der Waals surface area contributed by atoms with Crippen LogP contribution in [0.1, 0.15) is 5.89 Å². The van der Waals surface area contributed by atoms with Crippen LogP contribution >= 0.6 is 0 Å². The first-order valence-corrected chi connectivity index (χ1v) is 8.78. The lowest BCUT2D eigenvalue weighted by atomic mass is 10.2. The van der Waals surface area contributed by atoms with Gasteiger partial charge in [0.1, 0.15) is 12.3 Å². The molecular formula is C20H18N4O4. The van der Waals surface area contributed by atoms with Crippen LogP contribution in [0.25, 0.3) is 11.4 Å². The third kappa shape index (κ3) is 3.44. The Hall–Kier alpha value is -3.68. The van der Waals surface area contributed by atoms with Crippen LogP contribution in [0.2, 0.25) is 0 Å². The molecule has 0 N–H and O–H groups in total. The van der Waals surface area contributed by atoms with Gasteiger partial charge in [0.15, 0.2) is 0 Å². The molecule has 2 amide bonds. The van der Waals surface area contributed by atoms with Crippen molar-refractivity contribution in [2.45, 2.75) is 6.54 Å². The van der Waals surface area contributed by atoms with Crippen LogP contribution in [-0.2, 0) is 16.1 Å². The number of carbonyl (C=O) groups excluding carboxylic acids is 2. The van der Waals surface area contributed by atoms with Gasteiger partial charge in [-0.2, -0.15) is 4.98 Å². The number of benzene rings is 2. The van der Waals surface area contributed by atoms with Crippen molar-refractivity contribution in [1.29, 1.82) is 0 Å². The van der Waals surface area contributed by atoms with Gasteiger partial charge in [0, 0.05) is 24.3 Å². The summed E-state index contributed by atoms with van der Waals surface area (Å²) in [7, 11) is 1.59. The van der Waals surface area contributed by atoms with E-state index in [-0.39, 0.29) is 12.4 Å². The highest BCUT2D eigenvalue weighted by molar-refractivity contribution is 6.40. The van der Waals surface area contributed by atoms with Gasteiger partial charge in [-0.1, -0.05) is 23.4 Å². The lowest BCUT2D eigenvalue weighted by Crippen LogP contribution is -2.54. The molecule has 1 aromatic heterocycles. The number of carbonyl (C=O) groups is 2. The molecule has 1 fully saturated rings. The monoisotopic (exact) mass is 378 g/mol. The fourth-order valence-corrected chi connectivity index (χ4v) is 3.02. The number of hydrogen-bond donors (Lipinski definition) is 0. The maximum absolute atomic E-state index is 12.5. The summed E-state index contributed by atoms with van der Waals surface area (Å²) < 4.78 is 10.4. The summed E-state index contributed by atoms with van der Waals surface area (Å²) >= 11 is 0. The summed E-state index contributed by atoms with van der Waals surface area (Å²) in [5, 5.41) is 3.95. The highest BCUT2D eigenvalue weighted by atomic mass is 16.5. The second-order valence-electron chi connectivity index (χ2n) is 6.26. The number of anilines is 1. The summed E-state index contributed by atoms with van der Waals surface area (Å²) in [5.41, 5.74) is 1.48. The Morgan fingerprint density at radius 1 is 1.00 bits per heavy atom. The van der Waals surface area contributed by atoms with E-state index in [0.29, 0.717) is 24.6 Å². The zero-order valence-electron chi connectivity index (χ0n) is 15.2. The summed E-state index contributed by atoms with van der Waals surface area (Å²) in [6.07, 6.45) is 0. The van der Waals surface area contributed by atoms with Crippen LogP contribution in [0.4, 0.5) is 5.69 Å². The van der Waals surface area contributed by atoms with Crippen molar-refractivity contribution in [2.75, 3.05) is 25.1 Å². The van der Waals surface area contributed by atoms with Crippen LogP contribution in [0, 0.1) is 0 Å². The van der Waals surface area contributed by atoms with Crippen molar-refractivity contribution in [3.05, 3.63) is 60.5 Å². The average Bonchev–Trinajstić information content (AvgIpc) is 3.21. The van der Waals surface area contributed by atoms with Gasteiger partial charge in [0.05, 0.1) is 7.11 Å². The quantitative estimate of drug-likeness (QED) is 0.632. The maximum atomic E-state index is 12.5. The molecule has 4 rings (SSSR count). The minimum absolute atomic E-state index is 0.0936. The molecule has 0 spiro atoms. The molecule has 8 nitrogen and oxygen atoms in total. The van der Waals surface area contributed by atoms with Crippen molar-refractivity contribution >= 4 is 17.5 Å². The Balaban J connectivity index is 1.44. The van der Waals surface area contributed by atoms with Crippen molar-refractivity contribution in [3.63, 3.8) is 0 Å². The predicted octanol–water partition coefficient (Wildman–Crippen LogP) is 2.12. The Morgan fingerprint density at radius 2 is 1.75 bits per heavy atom. The van der Waals surface area contributed by atoms with E-state index >= 15 is 0 Å². The largest absolute Gasteiger partial charge is 0.497 e. The van der Waals surface area contributed by atoms with E-state index < -0.39 is 11.8 Å². The second kappa shape index (κ2) is 7.51. The van der Waals surface area contributed by atoms with Crippen molar-refractivity contribution in [3.8, 4) is 17.1 Å². The minimum Gasteiger partial charge on any atom is -0.497 e. The fraction of sp³-hybridized carbons (Fsp3) is 0.200. The third-order valence-electron chi connectivity index (χ3n) is 4.52. The van der Waals surface area contributed by atoms with Gasteiger partial charge in [0.25, 0.3) is 0 Å². The van der Waals surface area contributed by atoms with Gasteiger partial charge in [-0.05, 0) is 36.4 Å². The first-order chi connectivity index (χ1) is 13.7. The van der Waals surface area contributed by atoms with E-state index in [0.717, 1.165) is 11.3 Å². The molecule has 0 bridgehead atoms. The molecule has 2 heterocycles. The van der Waals surface area contributed by atoms with Crippen LogP contribution in [0.5, 0.6) is 5.75 Å². The van der Waals surface area contributed by atoms with Gasteiger partial charge in [-0.3, -0.25) is 9.59 Å². The van der Waals surface area contributed by atoms with E-state index in [4.69, 9.17) is 9.26 Å². The molecule has 0 radical (unpaired) electrons. The highest BCUT2D eigenvalue weighted by Crippen LogP contribution is 2.21. The van der Waals surface area contributed by atoms with E-state index in [2.05, 4.69) is 10.1 Å². The maximum Gasteiger partial charge on any atom is 0.316 e. The standard InChI is InChI=1S/C20H18N4O4/c1-27-16-9-7-14(8-10-16)18-21-17(28-22-18)13-23-11-12-24(20(26)19(23)25)15-5-3-2-4-6-15/h2-10H,11-13H2,1H3. The summed E-state index contributed by atoms with van der Waals surface area (Å²) in [5.74, 6) is 0.277. The number of amides is 2. The topological polar surface area (TPSA) is 88.8 Å². The number of piperazine rings is 1. The van der Waals surface area contributed by atoms with Gasteiger partial charge in [0.2, 0.25) is 11.7 Å². The second-order valence-corrected chi connectivity index (χ2v) is 6.26. The first kappa shape index (κ1) is 17.7. The molecule has 0 saturated carbocycles. The number of methoxy groups -OCH3 is 1. The van der Waals surface area contributed by atoms with Crippen molar-refractivity contribution in [1.82, 2.24) is 15.0 Å². The molecule has 8 heteroatoms. The first-order valence-electron chi connectivity index (χ1n) is 8.78. The van der Waals surface area contributed by atoms with Gasteiger partial charge in [-0.15, -0.1) is 0 Å². The average molecular weight is 378 g/mol. The molecule has 3 aromatic rings. The Kier molecular flexibility index (Phi) is 4.76. The van der Waals surface area contributed by atoms with Crippen LogP contribution in [-0.4, -0.2) is 47.1 Å². The van der Waals surface area contributed by atoms with Gasteiger partial charge >= 0.3 is 11.8 Å². The zero-order valence-corrected chi connectivity index (χ0v) is 15.2. The number of aromatic nitrogens is 2. The van der Waals surface area contributed by atoms with E-state index in [1.54, 1.807) is 31.4 Å². The van der Waals surface area contributed by atoms with E-state index in [9.17, 15) is 9.59 Å². The lowest BCUT2D eigenvalue weighted by molar-refractivity contribution is -0.146. The molecule has 28 heavy (non-hydrogen) atoms. The Labute approximate surface area is 161 Å². The molecule has 1 saturated heterocycles. The number of nitrogens with zero attached hydrogens (tertiary/aromatic N) is 4. The molecule has 1 aliphatic heterocycles. The molecule has 0 aliphatic carbocycles. The molecule has 0 atom stereocenters. The summed E-state index contributed by atoms with van der Waals surface area (Å²) in [6.45, 7) is 0.893.